The Balaban J connectivity index is 3.49. The quantitative estimate of drug-likeness (QED) is 0.0321. The van der Waals surface area contributed by atoms with Crippen molar-refractivity contribution in [3.63, 3.8) is 0 Å². The Hall–Kier alpha value is -1.66. The molecule has 0 aliphatic heterocycles. The Kier molecular flexibility index (Phi) is 57.5. The van der Waals surface area contributed by atoms with E-state index in [4.69, 9.17) is 4.74 Å². The summed E-state index contributed by atoms with van der Waals surface area (Å²) in [4.78, 5) is 24.5. The molecule has 6 nitrogen and oxygen atoms in total. The van der Waals surface area contributed by atoms with Gasteiger partial charge in [-0.05, 0) is 57.8 Å². The van der Waals surface area contributed by atoms with Gasteiger partial charge in [0, 0.05) is 12.8 Å². The average molecular weight is 973 g/mol. The highest BCUT2D eigenvalue weighted by Gasteiger charge is 2.18. The fourth-order valence-corrected chi connectivity index (χ4v) is 9.69. The van der Waals surface area contributed by atoms with Gasteiger partial charge in [-0.15, -0.1) is 0 Å². The number of nitrogens with one attached hydrogen (secondary N) is 1. The highest BCUT2D eigenvalue weighted by Crippen LogP contribution is 2.17. The minimum Gasteiger partial charge on any atom is -0.466 e. The van der Waals surface area contributed by atoms with E-state index < -0.39 is 12.1 Å². The molecule has 0 radical (unpaired) electrons. The third-order valence-corrected chi connectivity index (χ3v) is 14.5. The van der Waals surface area contributed by atoms with Crippen LogP contribution in [0.5, 0.6) is 0 Å². The molecule has 0 heterocycles. The van der Waals surface area contributed by atoms with Crippen molar-refractivity contribution in [3.05, 3.63) is 24.3 Å². The first kappa shape index (κ1) is 67.3. The molecule has 0 rings (SSSR count). The molecule has 3 N–H and O–H groups in total. The monoisotopic (exact) mass is 972 g/mol. The van der Waals surface area contributed by atoms with Gasteiger partial charge >= 0.3 is 5.97 Å². The number of amides is 1. The van der Waals surface area contributed by atoms with Gasteiger partial charge in [-0.2, -0.15) is 0 Å². The fourth-order valence-electron chi connectivity index (χ4n) is 9.69. The molecule has 0 aromatic rings. The summed E-state index contributed by atoms with van der Waals surface area (Å²) < 4.78 is 5.46. The van der Waals surface area contributed by atoms with E-state index >= 15 is 0 Å². The number of rotatable bonds is 58. The Bertz CT molecular complexity index is 1080. The van der Waals surface area contributed by atoms with E-state index in [0.717, 1.165) is 70.6 Å². The molecule has 2 atom stereocenters. The summed E-state index contributed by atoms with van der Waals surface area (Å²) in [6.07, 6.45) is 72.1. The molecule has 0 aliphatic rings. The lowest BCUT2D eigenvalue weighted by atomic mass is 10.0. The number of aliphatic hydroxyl groups excluding tert-OH is 2. The third-order valence-electron chi connectivity index (χ3n) is 14.5. The van der Waals surface area contributed by atoms with Crippen LogP contribution in [0.15, 0.2) is 24.3 Å². The van der Waals surface area contributed by atoms with Crippen molar-refractivity contribution < 1.29 is 24.5 Å². The van der Waals surface area contributed by atoms with Gasteiger partial charge in [0.25, 0.3) is 0 Å². The number of esters is 1. The van der Waals surface area contributed by atoms with Gasteiger partial charge in [0.1, 0.15) is 0 Å². The van der Waals surface area contributed by atoms with Crippen LogP contribution in [0.1, 0.15) is 341 Å². The Morgan fingerprint density at radius 1 is 0.391 bits per heavy atom. The number of allylic oxidation sites excluding steroid dienone is 3. The van der Waals surface area contributed by atoms with Crippen molar-refractivity contribution in [1.29, 1.82) is 0 Å². The molecule has 408 valence electrons. The molecule has 0 fully saturated rings. The molecular formula is C63H121NO5. The van der Waals surface area contributed by atoms with E-state index in [1.165, 1.54) is 244 Å². The molecule has 69 heavy (non-hydrogen) atoms. The van der Waals surface area contributed by atoms with Gasteiger partial charge in [0.15, 0.2) is 0 Å². The number of unbranched alkanes of at least 4 members (excludes halogenated alkanes) is 45. The molecule has 2 unspecified atom stereocenters. The molecule has 0 aliphatic carbocycles. The maximum atomic E-state index is 12.5. The lowest BCUT2D eigenvalue weighted by molar-refractivity contribution is -0.143. The summed E-state index contributed by atoms with van der Waals surface area (Å²) in [5.74, 6) is -0.0887. The topological polar surface area (TPSA) is 95.9 Å². The third kappa shape index (κ3) is 55.5. The highest BCUT2D eigenvalue weighted by atomic mass is 16.5. The second-order valence-corrected chi connectivity index (χ2v) is 21.4. The predicted molar refractivity (Wildman–Crippen MR) is 301 cm³/mol. The second-order valence-electron chi connectivity index (χ2n) is 21.4. The number of ether oxygens (including phenoxy) is 1. The van der Waals surface area contributed by atoms with E-state index in [9.17, 15) is 19.8 Å². The molecule has 0 saturated heterocycles. The van der Waals surface area contributed by atoms with E-state index in [0.29, 0.717) is 19.4 Å². The van der Waals surface area contributed by atoms with Crippen LogP contribution < -0.4 is 5.32 Å². The zero-order chi connectivity index (χ0) is 50.0. The fraction of sp³-hybridized carbons (Fsp3) is 0.905. The molecular weight excluding hydrogens is 851 g/mol. The standard InChI is InChI=1S/C63H121NO5/c1-3-5-7-9-11-13-15-17-18-19-20-21-22-23-24-25-26-28-32-35-39-43-47-51-55-61(66)60(59-65)64-62(67)56-52-48-44-40-36-33-29-27-30-34-38-42-46-50-54-58-69-63(68)57-53-49-45-41-37-31-16-14-12-10-8-6-4-2/h30,34,51,55,60-61,65-66H,3-29,31-33,35-50,52-54,56-59H2,1-2H3,(H,64,67)/b34-30-,55-51+. The number of carbonyl (C=O) groups excluding carboxylic acids is 2. The van der Waals surface area contributed by atoms with Crippen molar-refractivity contribution >= 4 is 11.9 Å². The Morgan fingerprint density at radius 2 is 0.681 bits per heavy atom. The predicted octanol–water partition coefficient (Wildman–Crippen LogP) is 19.4. The zero-order valence-electron chi connectivity index (χ0n) is 46.6. The number of hydrogen-bond donors (Lipinski definition) is 3. The van der Waals surface area contributed by atoms with E-state index in [2.05, 4.69) is 31.3 Å². The smallest absolute Gasteiger partial charge is 0.305 e. The maximum Gasteiger partial charge on any atom is 0.305 e. The Labute approximate surface area is 431 Å². The summed E-state index contributed by atoms with van der Waals surface area (Å²) in [6, 6.07) is -0.640. The van der Waals surface area contributed by atoms with Crippen molar-refractivity contribution in [2.24, 2.45) is 0 Å². The van der Waals surface area contributed by atoms with Crippen LogP contribution in [0.2, 0.25) is 0 Å². The van der Waals surface area contributed by atoms with Crippen LogP contribution in [-0.4, -0.2) is 47.4 Å². The first-order valence-corrected chi connectivity index (χ1v) is 31.1. The summed E-state index contributed by atoms with van der Waals surface area (Å²) in [5.41, 5.74) is 0. The van der Waals surface area contributed by atoms with Crippen LogP contribution >= 0.6 is 0 Å². The van der Waals surface area contributed by atoms with Gasteiger partial charge in [0.2, 0.25) is 5.91 Å². The van der Waals surface area contributed by atoms with Crippen molar-refractivity contribution in [2.75, 3.05) is 13.2 Å². The number of aliphatic hydroxyl groups is 2. The maximum absolute atomic E-state index is 12.5. The molecule has 0 bridgehead atoms. The Morgan fingerprint density at radius 3 is 1.03 bits per heavy atom. The van der Waals surface area contributed by atoms with Gasteiger partial charge in [-0.25, -0.2) is 0 Å². The zero-order valence-corrected chi connectivity index (χ0v) is 46.6. The highest BCUT2D eigenvalue weighted by molar-refractivity contribution is 5.76. The second kappa shape index (κ2) is 58.9. The first-order chi connectivity index (χ1) is 34.0. The first-order valence-electron chi connectivity index (χ1n) is 31.1. The van der Waals surface area contributed by atoms with Crippen molar-refractivity contribution in [1.82, 2.24) is 5.32 Å². The number of carbonyl (C=O) groups is 2. The molecule has 1 amide bonds. The van der Waals surface area contributed by atoms with E-state index in [-0.39, 0.29) is 18.5 Å². The van der Waals surface area contributed by atoms with Crippen LogP contribution in [0.25, 0.3) is 0 Å². The molecule has 0 aromatic heterocycles. The lowest BCUT2D eigenvalue weighted by Crippen LogP contribution is -2.45. The van der Waals surface area contributed by atoms with Gasteiger partial charge in [-0.1, -0.05) is 295 Å². The molecule has 0 saturated carbocycles. The minimum atomic E-state index is -0.855. The SMILES string of the molecule is CCCCCCCCCCCCCCCCCCCCCCCC/C=C/C(O)C(CO)NC(=O)CCCCCCCCC/C=C\CCCCCCOC(=O)CCCCCCCCCCCCCCC. The van der Waals surface area contributed by atoms with Gasteiger partial charge in [-0.3, -0.25) is 9.59 Å². The lowest BCUT2D eigenvalue weighted by Gasteiger charge is -2.20. The molecule has 0 aromatic carbocycles. The normalized spacial score (nSPS) is 12.7. The van der Waals surface area contributed by atoms with Crippen LogP contribution in [-0.2, 0) is 14.3 Å². The largest absolute Gasteiger partial charge is 0.466 e. The summed E-state index contributed by atoms with van der Waals surface area (Å²) >= 11 is 0. The summed E-state index contributed by atoms with van der Waals surface area (Å²) in [5, 5.41) is 23.2. The van der Waals surface area contributed by atoms with Crippen LogP contribution in [0.4, 0.5) is 0 Å². The number of hydrogen-bond acceptors (Lipinski definition) is 5. The summed E-state index contributed by atoms with van der Waals surface area (Å²) in [6.45, 7) is 4.89. The van der Waals surface area contributed by atoms with Crippen molar-refractivity contribution in [2.45, 2.75) is 353 Å². The minimum absolute atomic E-state index is 0.00901. The average Bonchev–Trinajstić information content (AvgIpc) is 3.35. The van der Waals surface area contributed by atoms with Crippen LogP contribution in [0.3, 0.4) is 0 Å². The van der Waals surface area contributed by atoms with E-state index in [1.807, 2.05) is 6.08 Å². The summed E-state index contributed by atoms with van der Waals surface area (Å²) in [7, 11) is 0. The van der Waals surface area contributed by atoms with Crippen molar-refractivity contribution in [3.8, 4) is 0 Å². The van der Waals surface area contributed by atoms with Crippen LogP contribution in [0, 0.1) is 0 Å². The molecule has 6 heteroatoms. The van der Waals surface area contributed by atoms with E-state index in [1.54, 1.807) is 6.08 Å². The molecule has 0 spiro atoms. The van der Waals surface area contributed by atoms with Gasteiger partial charge < -0.3 is 20.3 Å². The van der Waals surface area contributed by atoms with Gasteiger partial charge in [0.05, 0.1) is 25.4 Å².